The van der Waals surface area contributed by atoms with Crippen molar-refractivity contribution >= 4 is 23.2 Å². The van der Waals surface area contributed by atoms with Gasteiger partial charge in [-0.05, 0) is 24.3 Å². The summed E-state index contributed by atoms with van der Waals surface area (Å²) in [6.45, 7) is 0.228. The molecule has 0 spiro atoms. The van der Waals surface area contributed by atoms with Crippen molar-refractivity contribution in [1.82, 2.24) is 10.1 Å². The fraction of sp³-hybridized carbons (Fsp3) is 0.0714. The number of aromatic nitrogens is 2. The SMILES string of the molecule is NC(=O)c1ccc(Cl)cc1NCc1nc(-c2ccoc2)no1. The number of primary amides is 1. The van der Waals surface area contributed by atoms with Crippen LogP contribution in [0.2, 0.25) is 5.02 Å². The number of nitrogens with zero attached hydrogens (tertiary/aromatic N) is 2. The van der Waals surface area contributed by atoms with Gasteiger partial charge in [-0.15, -0.1) is 0 Å². The standard InChI is InChI=1S/C14H11ClN4O3/c15-9-1-2-10(13(16)20)11(5-9)17-6-12-18-14(19-22-12)8-3-4-21-7-8/h1-5,7,17H,6H2,(H2,16,20). The molecule has 0 bridgehead atoms. The summed E-state index contributed by atoms with van der Waals surface area (Å²) in [7, 11) is 0. The Morgan fingerprint density at radius 2 is 2.23 bits per heavy atom. The highest BCUT2D eigenvalue weighted by molar-refractivity contribution is 6.31. The van der Waals surface area contributed by atoms with E-state index < -0.39 is 5.91 Å². The minimum absolute atomic E-state index is 0.228. The van der Waals surface area contributed by atoms with E-state index >= 15 is 0 Å². The van der Waals surface area contributed by atoms with Crippen molar-refractivity contribution in [2.75, 3.05) is 5.32 Å². The largest absolute Gasteiger partial charge is 0.472 e. The van der Waals surface area contributed by atoms with E-state index in [-0.39, 0.29) is 6.54 Å². The Labute approximate surface area is 130 Å². The van der Waals surface area contributed by atoms with Crippen LogP contribution < -0.4 is 11.1 Å². The molecule has 3 rings (SSSR count). The highest BCUT2D eigenvalue weighted by Gasteiger charge is 2.12. The molecule has 0 fully saturated rings. The molecule has 0 unspecified atom stereocenters. The number of hydrogen-bond acceptors (Lipinski definition) is 6. The molecule has 0 saturated heterocycles. The van der Waals surface area contributed by atoms with E-state index in [0.717, 1.165) is 5.56 Å². The number of nitrogens with one attached hydrogen (secondary N) is 1. The Kier molecular flexibility index (Phi) is 3.80. The number of carbonyl (C=O) groups excluding carboxylic acids is 1. The molecule has 1 aromatic carbocycles. The average Bonchev–Trinajstić information content (AvgIpc) is 3.16. The number of halogens is 1. The first kappa shape index (κ1) is 14.2. The van der Waals surface area contributed by atoms with Crippen LogP contribution in [0.25, 0.3) is 11.4 Å². The molecule has 7 nitrogen and oxygen atoms in total. The molecule has 0 radical (unpaired) electrons. The Morgan fingerprint density at radius 3 is 2.95 bits per heavy atom. The van der Waals surface area contributed by atoms with E-state index in [2.05, 4.69) is 15.5 Å². The first-order valence-electron chi connectivity index (χ1n) is 6.32. The van der Waals surface area contributed by atoms with Gasteiger partial charge < -0.3 is 20.0 Å². The number of amides is 1. The second-order valence-electron chi connectivity index (χ2n) is 4.43. The number of benzene rings is 1. The maximum Gasteiger partial charge on any atom is 0.250 e. The summed E-state index contributed by atoms with van der Waals surface area (Å²) in [5.41, 5.74) is 6.87. The fourth-order valence-corrected chi connectivity index (χ4v) is 2.06. The lowest BCUT2D eigenvalue weighted by Crippen LogP contribution is -2.14. The smallest absolute Gasteiger partial charge is 0.250 e. The molecule has 3 N–H and O–H groups in total. The van der Waals surface area contributed by atoms with E-state index in [9.17, 15) is 4.79 Å². The van der Waals surface area contributed by atoms with Crippen LogP contribution in [0.5, 0.6) is 0 Å². The number of carbonyl (C=O) groups is 1. The molecule has 0 aliphatic heterocycles. The summed E-state index contributed by atoms with van der Waals surface area (Å²) < 4.78 is 10.1. The van der Waals surface area contributed by atoms with Gasteiger partial charge in [0.2, 0.25) is 11.7 Å². The number of hydrogen-bond donors (Lipinski definition) is 2. The molecule has 0 saturated carbocycles. The first-order valence-corrected chi connectivity index (χ1v) is 6.69. The minimum Gasteiger partial charge on any atom is -0.472 e. The summed E-state index contributed by atoms with van der Waals surface area (Å²) in [6.07, 6.45) is 3.04. The maximum absolute atomic E-state index is 11.4. The van der Waals surface area contributed by atoms with Gasteiger partial charge in [-0.25, -0.2) is 0 Å². The number of furan rings is 1. The third-order valence-electron chi connectivity index (χ3n) is 2.92. The van der Waals surface area contributed by atoms with Crippen LogP contribution in [0.15, 0.2) is 45.7 Å². The van der Waals surface area contributed by atoms with Crippen LogP contribution in [0.4, 0.5) is 5.69 Å². The summed E-state index contributed by atoms with van der Waals surface area (Å²) in [4.78, 5) is 15.6. The zero-order chi connectivity index (χ0) is 15.5. The predicted octanol–water partition coefficient (Wildman–Crippen LogP) is 2.69. The van der Waals surface area contributed by atoms with Crippen molar-refractivity contribution in [3.63, 3.8) is 0 Å². The van der Waals surface area contributed by atoms with Crippen molar-refractivity contribution in [1.29, 1.82) is 0 Å². The van der Waals surface area contributed by atoms with Crippen LogP contribution in [-0.4, -0.2) is 16.0 Å². The van der Waals surface area contributed by atoms with Gasteiger partial charge in [-0.3, -0.25) is 4.79 Å². The second-order valence-corrected chi connectivity index (χ2v) is 4.87. The highest BCUT2D eigenvalue weighted by atomic mass is 35.5. The molecular formula is C14H11ClN4O3. The monoisotopic (exact) mass is 318 g/mol. The molecule has 8 heteroatoms. The van der Waals surface area contributed by atoms with Crippen molar-refractivity contribution in [2.24, 2.45) is 5.73 Å². The quantitative estimate of drug-likeness (QED) is 0.749. The second kappa shape index (κ2) is 5.90. The van der Waals surface area contributed by atoms with Gasteiger partial charge in [-0.2, -0.15) is 4.98 Å². The van der Waals surface area contributed by atoms with Crippen LogP contribution >= 0.6 is 11.6 Å². The Hall–Kier alpha value is -2.80. The average molecular weight is 319 g/mol. The van der Waals surface area contributed by atoms with Gasteiger partial charge in [0.15, 0.2) is 0 Å². The lowest BCUT2D eigenvalue weighted by molar-refractivity contribution is 0.100. The molecule has 112 valence electrons. The van der Waals surface area contributed by atoms with Crippen molar-refractivity contribution in [3.8, 4) is 11.4 Å². The Bertz CT molecular complexity index is 798. The zero-order valence-electron chi connectivity index (χ0n) is 11.2. The molecule has 3 aromatic rings. The summed E-state index contributed by atoms with van der Waals surface area (Å²) in [6, 6.07) is 6.48. The molecule has 2 aromatic heterocycles. The lowest BCUT2D eigenvalue weighted by Gasteiger charge is -2.08. The third kappa shape index (κ3) is 2.94. The molecule has 0 aliphatic rings. The van der Waals surface area contributed by atoms with Crippen molar-refractivity contribution < 1.29 is 13.7 Å². The molecule has 2 heterocycles. The summed E-state index contributed by atoms with van der Waals surface area (Å²) in [5.74, 6) is 0.224. The molecule has 22 heavy (non-hydrogen) atoms. The van der Waals surface area contributed by atoms with Crippen LogP contribution in [0.3, 0.4) is 0 Å². The van der Waals surface area contributed by atoms with Gasteiger partial charge in [0.1, 0.15) is 6.26 Å². The van der Waals surface area contributed by atoms with E-state index in [1.165, 1.54) is 12.5 Å². The Balaban J connectivity index is 1.76. The van der Waals surface area contributed by atoms with E-state index in [0.29, 0.717) is 28.0 Å². The zero-order valence-corrected chi connectivity index (χ0v) is 12.0. The van der Waals surface area contributed by atoms with Gasteiger partial charge >= 0.3 is 0 Å². The molecular weight excluding hydrogens is 308 g/mol. The summed E-state index contributed by atoms with van der Waals surface area (Å²) in [5, 5.41) is 7.33. The topological polar surface area (TPSA) is 107 Å². The fourth-order valence-electron chi connectivity index (χ4n) is 1.88. The number of anilines is 1. The maximum atomic E-state index is 11.4. The van der Waals surface area contributed by atoms with Crippen LogP contribution in [-0.2, 0) is 6.54 Å². The molecule has 0 atom stereocenters. The van der Waals surface area contributed by atoms with E-state index in [1.54, 1.807) is 24.3 Å². The Morgan fingerprint density at radius 1 is 1.36 bits per heavy atom. The van der Waals surface area contributed by atoms with Gasteiger partial charge in [0, 0.05) is 10.7 Å². The van der Waals surface area contributed by atoms with Crippen molar-refractivity contribution in [2.45, 2.75) is 6.54 Å². The normalized spacial score (nSPS) is 10.6. The lowest BCUT2D eigenvalue weighted by atomic mass is 10.1. The van der Waals surface area contributed by atoms with E-state index in [1.807, 2.05) is 0 Å². The number of nitrogens with two attached hydrogens (primary N) is 1. The highest BCUT2D eigenvalue weighted by Crippen LogP contribution is 2.22. The van der Waals surface area contributed by atoms with Crippen molar-refractivity contribution in [3.05, 3.63) is 53.3 Å². The first-order chi connectivity index (χ1) is 10.6. The number of rotatable bonds is 5. The summed E-state index contributed by atoms with van der Waals surface area (Å²) >= 11 is 5.92. The van der Waals surface area contributed by atoms with Gasteiger partial charge in [0.05, 0.1) is 23.9 Å². The third-order valence-corrected chi connectivity index (χ3v) is 3.16. The predicted molar refractivity (Wildman–Crippen MR) is 79.3 cm³/mol. The van der Waals surface area contributed by atoms with Crippen LogP contribution in [0.1, 0.15) is 16.2 Å². The molecule has 1 amide bonds. The minimum atomic E-state index is -0.552. The van der Waals surface area contributed by atoms with Crippen LogP contribution in [0, 0.1) is 0 Å². The molecule has 0 aliphatic carbocycles. The van der Waals surface area contributed by atoms with Gasteiger partial charge in [0.25, 0.3) is 5.91 Å². The van der Waals surface area contributed by atoms with E-state index in [4.69, 9.17) is 26.3 Å². The van der Waals surface area contributed by atoms with Gasteiger partial charge in [-0.1, -0.05) is 16.8 Å².